The molecule has 0 N–H and O–H groups in total. The third-order valence-corrected chi connectivity index (χ3v) is 9.58. The van der Waals surface area contributed by atoms with E-state index >= 15 is 0 Å². The van der Waals surface area contributed by atoms with Crippen molar-refractivity contribution in [1.29, 1.82) is 0 Å². The first-order valence-corrected chi connectivity index (χ1v) is 15.4. The fraction of sp³-hybridized carbons (Fsp3) is 0.219. The summed E-state index contributed by atoms with van der Waals surface area (Å²) >= 11 is 13.0. The van der Waals surface area contributed by atoms with E-state index < -0.39 is 10.0 Å². The van der Waals surface area contributed by atoms with Crippen LogP contribution in [-0.2, 0) is 21.3 Å². The Kier molecular flexibility index (Phi) is 8.71. The predicted molar refractivity (Wildman–Crippen MR) is 163 cm³/mol. The van der Waals surface area contributed by atoms with Gasteiger partial charge in [-0.3, -0.25) is 9.10 Å². The van der Waals surface area contributed by atoms with Gasteiger partial charge in [-0.15, -0.1) is 0 Å². The molecule has 1 aliphatic heterocycles. The quantitative estimate of drug-likeness (QED) is 0.222. The van der Waals surface area contributed by atoms with Crippen LogP contribution in [0.3, 0.4) is 0 Å². The number of aryl methyl sites for hydroxylation is 2. The van der Waals surface area contributed by atoms with Crippen molar-refractivity contribution in [2.45, 2.75) is 31.4 Å². The van der Waals surface area contributed by atoms with Crippen molar-refractivity contribution in [3.63, 3.8) is 0 Å². The molecule has 1 unspecified atom stereocenters. The Morgan fingerprint density at radius 1 is 0.927 bits per heavy atom. The maximum Gasteiger partial charge on any atom is 0.264 e. The van der Waals surface area contributed by atoms with E-state index in [0.29, 0.717) is 30.4 Å². The van der Waals surface area contributed by atoms with E-state index in [-0.39, 0.29) is 34.0 Å². The van der Waals surface area contributed by atoms with Crippen molar-refractivity contribution >= 4 is 44.8 Å². The van der Waals surface area contributed by atoms with Gasteiger partial charge in [-0.25, -0.2) is 8.42 Å². The molecular weight excluding hydrogens is 579 g/mol. The molecule has 0 aromatic heterocycles. The summed E-state index contributed by atoms with van der Waals surface area (Å²) < 4.78 is 35.5. The molecule has 1 saturated heterocycles. The van der Waals surface area contributed by atoms with Gasteiger partial charge < -0.3 is 9.64 Å². The molecule has 1 heterocycles. The Hall–Kier alpha value is -3.36. The Bertz CT molecular complexity index is 1680. The molecule has 0 saturated carbocycles. The largest absolute Gasteiger partial charge is 0.370 e. The summed E-state index contributed by atoms with van der Waals surface area (Å²) in [7, 11) is -4.15. The van der Waals surface area contributed by atoms with Crippen LogP contribution < -0.4 is 4.31 Å². The van der Waals surface area contributed by atoms with E-state index in [1.165, 1.54) is 22.5 Å². The minimum Gasteiger partial charge on any atom is -0.370 e. The highest BCUT2D eigenvalue weighted by Gasteiger charge is 2.31. The first-order valence-electron chi connectivity index (χ1n) is 13.2. The molecule has 5 rings (SSSR count). The average Bonchev–Trinajstić information content (AvgIpc) is 2.97. The third-order valence-electron chi connectivity index (χ3n) is 7.17. The number of nitrogens with zero attached hydrogens (tertiary/aromatic N) is 2. The number of sulfonamides is 1. The lowest BCUT2D eigenvalue weighted by atomic mass is 9.99. The summed E-state index contributed by atoms with van der Waals surface area (Å²) in [6, 6.07) is 26.4. The first-order chi connectivity index (χ1) is 19.6. The number of hydrogen-bond acceptors (Lipinski definition) is 4. The zero-order valence-corrected chi connectivity index (χ0v) is 25.1. The van der Waals surface area contributed by atoms with Crippen LogP contribution in [0.5, 0.6) is 0 Å². The number of carbonyl (C=O) groups excluding carboxylic acids is 1. The molecule has 1 aliphatic rings. The molecule has 1 atom stereocenters. The Balaban J connectivity index is 1.47. The summed E-state index contributed by atoms with van der Waals surface area (Å²) in [6.07, 6.45) is -0.291. The molecule has 6 nitrogen and oxygen atoms in total. The fourth-order valence-corrected chi connectivity index (χ4v) is 7.02. The molecule has 0 radical (unpaired) electrons. The smallest absolute Gasteiger partial charge is 0.264 e. The average molecular weight is 610 g/mol. The molecular formula is C32H30Cl2N2O4S. The van der Waals surface area contributed by atoms with Crippen molar-refractivity contribution in [3.05, 3.63) is 129 Å². The molecule has 212 valence electrons. The van der Waals surface area contributed by atoms with E-state index in [1.807, 2.05) is 56.3 Å². The van der Waals surface area contributed by atoms with E-state index in [9.17, 15) is 13.2 Å². The Labute approximate surface area is 251 Å². The zero-order valence-electron chi connectivity index (χ0n) is 22.8. The highest BCUT2D eigenvalue weighted by atomic mass is 35.5. The predicted octanol–water partition coefficient (Wildman–Crippen LogP) is 7.22. The normalized spacial score (nSPS) is 15.5. The van der Waals surface area contributed by atoms with Gasteiger partial charge in [-0.1, -0.05) is 89.4 Å². The van der Waals surface area contributed by atoms with Gasteiger partial charge in [0.25, 0.3) is 15.9 Å². The Morgan fingerprint density at radius 2 is 1.66 bits per heavy atom. The van der Waals surface area contributed by atoms with Gasteiger partial charge >= 0.3 is 0 Å². The van der Waals surface area contributed by atoms with Crippen LogP contribution in [0.4, 0.5) is 5.69 Å². The van der Waals surface area contributed by atoms with Gasteiger partial charge in [-0.2, -0.15) is 0 Å². The molecule has 9 heteroatoms. The van der Waals surface area contributed by atoms with Crippen LogP contribution in [0.2, 0.25) is 10.0 Å². The molecule has 4 aromatic carbocycles. The summed E-state index contributed by atoms with van der Waals surface area (Å²) in [6.45, 7) is 5.17. The number of rotatable bonds is 7. The van der Waals surface area contributed by atoms with E-state index in [0.717, 1.165) is 22.3 Å². The summed E-state index contributed by atoms with van der Waals surface area (Å²) in [5.74, 6) is -0.350. The van der Waals surface area contributed by atoms with Gasteiger partial charge in [0.1, 0.15) is 6.10 Å². The number of hydrogen-bond donors (Lipinski definition) is 0. The maximum atomic E-state index is 14.1. The van der Waals surface area contributed by atoms with Crippen LogP contribution in [0.1, 0.15) is 38.7 Å². The van der Waals surface area contributed by atoms with Crippen molar-refractivity contribution in [2.24, 2.45) is 0 Å². The van der Waals surface area contributed by atoms with Crippen molar-refractivity contribution in [1.82, 2.24) is 4.90 Å². The highest BCUT2D eigenvalue weighted by molar-refractivity contribution is 7.92. The summed E-state index contributed by atoms with van der Waals surface area (Å²) in [5.41, 5.74) is 4.50. The molecule has 0 spiro atoms. The van der Waals surface area contributed by atoms with E-state index in [1.54, 1.807) is 29.2 Å². The monoisotopic (exact) mass is 608 g/mol. The van der Waals surface area contributed by atoms with Crippen molar-refractivity contribution < 1.29 is 17.9 Å². The number of amides is 1. The third kappa shape index (κ3) is 6.28. The lowest BCUT2D eigenvalue weighted by molar-refractivity contribution is -0.0231. The van der Waals surface area contributed by atoms with Crippen LogP contribution >= 0.6 is 23.2 Å². The summed E-state index contributed by atoms with van der Waals surface area (Å²) in [4.78, 5) is 15.4. The van der Waals surface area contributed by atoms with Gasteiger partial charge in [0.15, 0.2) is 0 Å². The zero-order chi connectivity index (χ0) is 29.1. The minimum absolute atomic E-state index is 0.0553. The topological polar surface area (TPSA) is 66.9 Å². The number of morpholine rings is 1. The first kappa shape index (κ1) is 29.1. The number of carbonyl (C=O) groups is 1. The maximum absolute atomic E-state index is 14.1. The van der Waals surface area contributed by atoms with Crippen molar-refractivity contribution in [3.8, 4) is 0 Å². The summed E-state index contributed by atoms with van der Waals surface area (Å²) in [5, 5.41) is 0.471. The second kappa shape index (κ2) is 12.2. The van der Waals surface area contributed by atoms with Crippen molar-refractivity contribution in [2.75, 3.05) is 24.0 Å². The molecule has 41 heavy (non-hydrogen) atoms. The molecule has 0 aliphatic carbocycles. The highest BCUT2D eigenvalue weighted by Crippen LogP contribution is 2.34. The number of benzene rings is 4. The SMILES string of the molecule is Cc1ccc(C2CN(C(=O)c3cc(S(=O)(=O)N(Cc4ccccc4)c4ccccc4Cl)ccc3Cl)CCO2)c(C)c1. The van der Waals surface area contributed by atoms with Crippen LogP contribution in [0.25, 0.3) is 0 Å². The van der Waals surface area contributed by atoms with Gasteiger partial charge in [-0.05, 0) is 60.9 Å². The number of halogens is 2. The molecule has 1 amide bonds. The van der Waals surface area contributed by atoms with Gasteiger partial charge in [0.2, 0.25) is 0 Å². The lowest BCUT2D eigenvalue weighted by Crippen LogP contribution is -2.42. The van der Waals surface area contributed by atoms with Gasteiger partial charge in [0, 0.05) is 6.54 Å². The lowest BCUT2D eigenvalue weighted by Gasteiger charge is -2.34. The van der Waals surface area contributed by atoms with Crippen LogP contribution in [0.15, 0.2) is 95.9 Å². The number of ether oxygens (including phenoxy) is 1. The molecule has 0 bridgehead atoms. The number of anilines is 1. The van der Waals surface area contributed by atoms with E-state index in [4.69, 9.17) is 27.9 Å². The molecule has 1 fully saturated rings. The van der Waals surface area contributed by atoms with Crippen LogP contribution in [-0.4, -0.2) is 38.9 Å². The van der Waals surface area contributed by atoms with Gasteiger partial charge in [0.05, 0.1) is 45.9 Å². The van der Waals surface area contributed by atoms with E-state index in [2.05, 4.69) is 6.07 Å². The van der Waals surface area contributed by atoms with Crippen LogP contribution in [0, 0.1) is 13.8 Å². The Morgan fingerprint density at radius 3 is 2.39 bits per heavy atom. The number of para-hydroxylation sites is 1. The molecule has 4 aromatic rings. The second-order valence-corrected chi connectivity index (χ2v) is 12.7. The standard InChI is InChI=1S/C32H30Cl2N2O4S/c1-22-12-14-26(23(2)18-22)31-21-35(16-17-40-31)32(37)27-19-25(13-15-28(27)33)41(38,39)36(20-24-8-4-3-5-9-24)30-11-7-6-10-29(30)34/h3-15,18-19,31H,16-17,20-21H2,1-2H3. The fourth-order valence-electron chi connectivity index (χ4n) is 5.04. The minimum atomic E-state index is -4.15. The second-order valence-electron chi connectivity index (χ2n) is 10.1.